The summed E-state index contributed by atoms with van der Waals surface area (Å²) in [5.41, 5.74) is 1.14. The Morgan fingerprint density at radius 3 is 1.70 bits per heavy atom. The van der Waals surface area contributed by atoms with Crippen molar-refractivity contribution in [1.82, 2.24) is 9.13 Å². The summed E-state index contributed by atoms with van der Waals surface area (Å²) in [6.07, 6.45) is 17.5. The Morgan fingerprint density at radius 2 is 1.22 bits per heavy atom. The van der Waals surface area contributed by atoms with Gasteiger partial charge in [0.15, 0.2) is 0 Å². The minimum atomic E-state index is -3.17. The van der Waals surface area contributed by atoms with E-state index in [1.807, 2.05) is 6.07 Å². The quantitative estimate of drug-likeness (QED) is 0.402. The van der Waals surface area contributed by atoms with E-state index in [0.29, 0.717) is 12.1 Å². The van der Waals surface area contributed by atoms with Gasteiger partial charge in [-0.25, -0.2) is 0 Å². The third-order valence-corrected chi connectivity index (χ3v) is 11.5. The molecule has 2 aromatic rings. The fourth-order valence-electron chi connectivity index (χ4n) is 4.61. The normalized spacial score (nSPS) is 20.5. The molecule has 150 valence electrons. The first-order valence-electron chi connectivity index (χ1n) is 10.3. The molecule has 1 aromatic heterocycles. The molecule has 2 nitrogen and oxygen atoms in total. The van der Waals surface area contributed by atoms with Crippen molar-refractivity contribution in [1.29, 1.82) is 0 Å². The van der Waals surface area contributed by atoms with Crippen molar-refractivity contribution in [3.8, 4) is 0 Å². The molecule has 5 heteroatoms. The predicted octanol–water partition coefficient (Wildman–Crippen LogP) is 7.14. The molecule has 0 amide bonds. The first-order valence-corrected chi connectivity index (χ1v) is 16.6. The number of hydrogen-bond acceptors (Lipinski definition) is 0. The molecule has 2 fully saturated rings. The molecule has 1 heterocycles. The number of imidazole rings is 1. The molecule has 0 radical (unpaired) electrons. The zero-order valence-electron chi connectivity index (χ0n) is 15.8. The maximum absolute atomic E-state index is 7.22. The molecule has 0 bridgehead atoms. The van der Waals surface area contributed by atoms with Gasteiger partial charge in [-0.15, -0.1) is 0 Å². The van der Waals surface area contributed by atoms with Crippen molar-refractivity contribution in [2.75, 3.05) is 0 Å². The topological polar surface area (TPSA) is 9.86 Å². The van der Waals surface area contributed by atoms with E-state index in [1.54, 1.807) is 0 Å². The van der Waals surface area contributed by atoms with Crippen LogP contribution in [0.2, 0.25) is 0 Å². The third kappa shape index (κ3) is 4.57. The Kier molecular flexibility index (Phi) is 6.52. The zero-order chi connectivity index (χ0) is 18.7. The van der Waals surface area contributed by atoms with E-state index >= 15 is 0 Å². The number of hydrogen-bond donors (Lipinski definition) is 0. The van der Waals surface area contributed by atoms with E-state index in [4.69, 9.17) is 19.4 Å². The van der Waals surface area contributed by atoms with Crippen LogP contribution in [0.3, 0.4) is 0 Å². The van der Waals surface area contributed by atoms with E-state index in [1.165, 1.54) is 68.2 Å². The van der Waals surface area contributed by atoms with Gasteiger partial charge in [-0.1, -0.05) is 0 Å². The summed E-state index contributed by atoms with van der Waals surface area (Å²) in [5, 5.41) is 0. The first-order chi connectivity index (χ1) is 13.1. The molecule has 2 aliphatic rings. The molecule has 0 saturated heterocycles. The second kappa shape index (κ2) is 8.89. The van der Waals surface area contributed by atoms with Crippen molar-refractivity contribution in [3.63, 3.8) is 0 Å². The molecule has 2 saturated carbocycles. The summed E-state index contributed by atoms with van der Waals surface area (Å²) in [7, 11) is 14.4. The van der Waals surface area contributed by atoms with Crippen LogP contribution in [0.1, 0.15) is 81.9 Å². The van der Waals surface area contributed by atoms with Crippen LogP contribution in [0.25, 0.3) is 0 Å². The Bertz CT molecular complexity index is 861. The summed E-state index contributed by atoms with van der Waals surface area (Å²) in [6, 6.07) is 11.5. The van der Waals surface area contributed by atoms with Gasteiger partial charge in [0.25, 0.3) is 0 Å². The summed E-state index contributed by atoms with van der Waals surface area (Å²) < 4.78 is 8.34. The Balaban J connectivity index is 1.92. The zero-order valence-corrected chi connectivity index (χ0v) is 19.1. The summed E-state index contributed by atoms with van der Waals surface area (Å²) in [5.74, 6) is 0. The van der Waals surface area contributed by atoms with Crippen LogP contribution in [0.5, 0.6) is 0 Å². The second-order valence-corrected chi connectivity index (χ2v) is 17.1. The van der Waals surface area contributed by atoms with E-state index < -0.39 is 11.9 Å². The maximum atomic E-state index is 7.22. The van der Waals surface area contributed by atoms with Gasteiger partial charge in [-0.05, 0) is 0 Å². The fourth-order valence-corrected chi connectivity index (χ4v) is 10.7. The number of halogens is 2. The van der Waals surface area contributed by atoms with Gasteiger partial charge in [0.1, 0.15) is 0 Å². The number of rotatable bonds is 3. The Hall–Kier alpha value is -0.497. The molecule has 4 rings (SSSR count). The number of benzene rings is 1. The summed E-state index contributed by atoms with van der Waals surface area (Å²) >= 11 is -3.17. The van der Waals surface area contributed by atoms with Crippen LogP contribution in [0.15, 0.2) is 42.7 Å². The van der Waals surface area contributed by atoms with Crippen molar-refractivity contribution >= 4 is 24.0 Å². The molecule has 27 heavy (non-hydrogen) atoms. The SMILES string of the molecule is [Cl][Ru]([Cl])(=[CH]c1ccccc1)=[c]1n(C2CCCCC2)ccn1C1CCCCC1. The van der Waals surface area contributed by atoms with Gasteiger partial charge in [0.2, 0.25) is 0 Å². The van der Waals surface area contributed by atoms with Gasteiger partial charge < -0.3 is 0 Å². The van der Waals surface area contributed by atoms with Gasteiger partial charge in [-0.2, -0.15) is 0 Å². The monoisotopic (exact) mass is 494 g/mol. The molecular formula is C22H30Cl2N2Ru. The van der Waals surface area contributed by atoms with Gasteiger partial charge in [0.05, 0.1) is 0 Å². The predicted molar refractivity (Wildman–Crippen MR) is 113 cm³/mol. The van der Waals surface area contributed by atoms with Crippen molar-refractivity contribution in [3.05, 3.63) is 52.3 Å². The number of aromatic nitrogens is 2. The fraction of sp³-hybridized carbons (Fsp3) is 0.545. The van der Waals surface area contributed by atoms with Crippen molar-refractivity contribution < 1.29 is 11.9 Å². The molecule has 0 unspecified atom stereocenters. The second-order valence-electron chi connectivity index (χ2n) is 7.91. The van der Waals surface area contributed by atoms with Crippen molar-refractivity contribution in [2.24, 2.45) is 0 Å². The molecule has 0 atom stereocenters. The summed E-state index contributed by atoms with van der Waals surface area (Å²) in [4.78, 5) is 0. The first kappa shape index (κ1) is 19.8. The average Bonchev–Trinajstić information content (AvgIpc) is 3.16. The average molecular weight is 494 g/mol. The molecule has 1 aromatic carbocycles. The van der Waals surface area contributed by atoms with Crippen LogP contribution in [-0.4, -0.2) is 13.7 Å². The standard InChI is InChI=1S/C15H24N2.C7H6.2ClH.Ru/c1-3-7-14(8-4-1)16-11-12-17(13-16)15-9-5-2-6-10-15;1-7-5-3-2-4-6-7;;;/h11-12,14-15H,1-10H2;1-6H;2*1H;/q;;;;+2/p-2. The van der Waals surface area contributed by atoms with Crippen LogP contribution in [0, 0.1) is 4.01 Å². The van der Waals surface area contributed by atoms with Gasteiger partial charge in [0, 0.05) is 0 Å². The molecule has 2 aliphatic carbocycles. The Labute approximate surface area is 173 Å². The third-order valence-electron chi connectivity index (χ3n) is 5.99. The van der Waals surface area contributed by atoms with Crippen LogP contribution < -0.4 is 0 Å². The minimum absolute atomic E-state index is 0.556. The van der Waals surface area contributed by atoms with Gasteiger partial charge >= 0.3 is 174 Å². The van der Waals surface area contributed by atoms with Gasteiger partial charge in [-0.3, -0.25) is 0 Å². The molecule has 0 aliphatic heterocycles. The van der Waals surface area contributed by atoms with Crippen LogP contribution in [0.4, 0.5) is 0 Å². The molecule has 0 N–H and O–H groups in total. The molecular weight excluding hydrogens is 464 g/mol. The summed E-state index contributed by atoms with van der Waals surface area (Å²) in [6.45, 7) is 0. The van der Waals surface area contributed by atoms with Crippen molar-refractivity contribution in [2.45, 2.75) is 76.3 Å². The van der Waals surface area contributed by atoms with E-state index in [-0.39, 0.29) is 0 Å². The van der Waals surface area contributed by atoms with Crippen LogP contribution in [-0.2, 0) is 11.9 Å². The van der Waals surface area contributed by atoms with Crippen LogP contribution >= 0.6 is 19.4 Å². The van der Waals surface area contributed by atoms with E-state index in [9.17, 15) is 0 Å². The van der Waals surface area contributed by atoms with E-state index in [0.717, 1.165) is 5.56 Å². The Morgan fingerprint density at radius 1 is 0.741 bits per heavy atom. The van der Waals surface area contributed by atoms with E-state index in [2.05, 4.69) is 50.4 Å². The number of nitrogens with zero attached hydrogens (tertiary/aromatic N) is 2. The molecule has 0 spiro atoms.